The van der Waals surface area contributed by atoms with Gasteiger partial charge in [0.05, 0.1) is 16.3 Å². The predicted octanol–water partition coefficient (Wildman–Crippen LogP) is 1.63. The number of hydrogen-bond acceptors (Lipinski definition) is 7. The van der Waals surface area contributed by atoms with Crippen LogP contribution in [0.2, 0.25) is 0 Å². The number of aliphatic carboxylic acids is 1. The summed E-state index contributed by atoms with van der Waals surface area (Å²) in [5.74, 6) is -2.42. The van der Waals surface area contributed by atoms with E-state index in [4.69, 9.17) is 0 Å². The summed E-state index contributed by atoms with van der Waals surface area (Å²) in [5, 5.41) is 14.7. The van der Waals surface area contributed by atoms with Crippen molar-refractivity contribution in [3.8, 4) is 0 Å². The summed E-state index contributed by atoms with van der Waals surface area (Å²) in [5.41, 5.74) is 1.80. The molecule has 2 aromatic carbocycles. The maximum Gasteiger partial charge on any atom is 0.326 e. The quantitative estimate of drug-likeness (QED) is 0.267. The summed E-state index contributed by atoms with van der Waals surface area (Å²) in [6.45, 7) is 3.63. The minimum Gasteiger partial charge on any atom is -0.480 e. The molecule has 0 spiro atoms. The molecule has 0 bridgehead atoms. The van der Waals surface area contributed by atoms with Crippen LogP contribution in [0, 0.1) is 13.8 Å². The van der Waals surface area contributed by atoms with Crippen LogP contribution < -0.4 is 10.6 Å². The van der Waals surface area contributed by atoms with Crippen molar-refractivity contribution < 1.29 is 36.3 Å². The molecular weight excluding hydrogens is 584 g/mol. The van der Waals surface area contributed by atoms with E-state index < -0.39 is 49.9 Å². The maximum absolute atomic E-state index is 13.1. The summed E-state index contributed by atoms with van der Waals surface area (Å²) < 4.78 is 53.7. The van der Waals surface area contributed by atoms with Crippen molar-refractivity contribution in [3.05, 3.63) is 59.7 Å². The SMILES string of the molecule is Cc1ccc(S(=O)(=O)N(C)CC(=O)NCCCC[C@H](NC(=O)[C@@H]2CCCN2S(=O)(=O)c2ccc(C)cc2)C(=O)O)cc1. The lowest BCUT2D eigenvalue weighted by Crippen LogP contribution is -2.50. The number of amides is 2. The van der Waals surface area contributed by atoms with Gasteiger partial charge in [-0.05, 0) is 70.2 Å². The van der Waals surface area contributed by atoms with E-state index in [1.807, 2.05) is 13.8 Å². The Hall–Kier alpha value is -3.33. The Balaban J connectivity index is 1.47. The van der Waals surface area contributed by atoms with Crippen molar-refractivity contribution in [2.45, 2.75) is 67.8 Å². The summed E-state index contributed by atoms with van der Waals surface area (Å²) in [6, 6.07) is 10.4. The van der Waals surface area contributed by atoms with Crippen LogP contribution in [-0.2, 0) is 34.4 Å². The van der Waals surface area contributed by atoms with Crippen molar-refractivity contribution in [3.63, 3.8) is 0 Å². The maximum atomic E-state index is 13.1. The molecule has 14 heteroatoms. The fraction of sp³-hybridized carbons (Fsp3) is 0.464. The molecule has 1 saturated heterocycles. The van der Waals surface area contributed by atoms with E-state index in [-0.39, 0.29) is 42.3 Å². The molecule has 1 heterocycles. The van der Waals surface area contributed by atoms with Crippen molar-refractivity contribution in [2.24, 2.45) is 0 Å². The Kier molecular flexibility index (Phi) is 11.2. The minimum absolute atomic E-state index is 0.0656. The lowest BCUT2D eigenvalue weighted by atomic mass is 10.1. The Morgan fingerprint density at radius 3 is 2.10 bits per heavy atom. The fourth-order valence-corrected chi connectivity index (χ4v) is 7.38. The lowest BCUT2D eigenvalue weighted by molar-refractivity contribution is -0.142. The van der Waals surface area contributed by atoms with Gasteiger partial charge in [-0.25, -0.2) is 21.6 Å². The van der Waals surface area contributed by atoms with Crippen LogP contribution in [-0.4, -0.2) is 87.1 Å². The molecule has 12 nitrogen and oxygen atoms in total. The molecule has 0 radical (unpaired) electrons. The van der Waals surface area contributed by atoms with E-state index in [2.05, 4.69) is 10.6 Å². The average molecular weight is 623 g/mol. The number of benzene rings is 2. The van der Waals surface area contributed by atoms with Crippen molar-refractivity contribution in [1.82, 2.24) is 19.2 Å². The third-order valence-corrected chi connectivity index (χ3v) is 10.8. The van der Waals surface area contributed by atoms with Gasteiger partial charge in [-0.1, -0.05) is 35.4 Å². The van der Waals surface area contributed by atoms with Gasteiger partial charge in [-0.3, -0.25) is 9.59 Å². The number of carbonyl (C=O) groups excluding carboxylic acids is 2. The van der Waals surface area contributed by atoms with Gasteiger partial charge in [0, 0.05) is 20.1 Å². The predicted molar refractivity (Wildman–Crippen MR) is 156 cm³/mol. The second-order valence-corrected chi connectivity index (χ2v) is 14.3. The highest BCUT2D eigenvalue weighted by molar-refractivity contribution is 7.89. The zero-order valence-electron chi connectivity index (χ0n) is 23.9. The number of carboxylic acids is 1. The molecule has 1 fully saturated rings. The van der Waals surface area contributed by atoms with Crippen LogP contribution >= 0.6 is 0 Å². The van der Waals surface area contributed by atoms with Crippen LogP contribution in [0.25, 0.3) is 0 Å². The van der Waals surface area contributed by atoms with Gasteiger partial charge >= 0.3 is 5.97 Å². The zero-order chi connectivity index (χ0) is 31.1. The number of nitrogens with one attached hydrogen (secondary N) is 2. The molecule has 3 rings (SSSR count). The highest BCUT2D eigenvalue weighted by Gasteiger charge is 2.40. The first-order chi connectivity index (χ1) is 19.7. The second kappa shape index (κ2) is 14.2. The van der Waals surface area contributed by atoms with Crippen molar-refractivity contribution in [1.29, 1.82) is 0 Å². The third-order valence-electron chi connectivity index (χ3n) is 7.09. The molecule has 2 aromatic rings. The second-order valence-electron chi connectivity index (χ2n) is 10.4. The van der Waals surface area contributed by atoms with Gasteiger partial charge in [0.2, 0.25) is 31.9 Å². The van der Waals surface area contributed by atoms with Crippen LogP contribution in [0.15, 0.2) is 58.3 Å². The topological polar surface area (TPSA) is 170 Å². The summed E-state index contributed by atoms with van der Waals surface area (Å²) in [7, 11) is -6.45. The molecular formula is C28H38N4O8S2. The zero-order valence-corrected chi connectivity index (χ0v) is 25.6. The highest BCUT2D eigenvalue weighted by Crippen LogP contribution is 2.26. The van der Waals surface area contributed by atoms with Gasteiger partial charge < -0.3 is 15.7 Å². The Morgan fingerprint density at radius 2 is 1.52 bits per heavy atom. The van der Waals surface area contributed by atoms with Gasteiger partial charge in [-0.15, -0.1) is 0 Å². The first-order valence-corrected chi connectivity index (χ1v) is 16.5. The normalized spacial score (nSPS) is 16.7. The van der Waals surface area contributed by atoms with Gasteiger partial charge in [-0.2, -0.15) is 8.61 Å². The Morgan fingerprint density at radius 1 is 0.952 bits per heavy atom. The Labute approximate surface area is 247 Å². The molecule has 230 valence electrons. The number of nitrogens with zero attached hydrogens (tertiary/aromatic N) is 2. The third kappa shape index (κ3) is 8.37. The number of carbonyl (C=O) groups is 3. The van der Waals surface area contributed by atoms with Gasteiger partial charge in [0.1, 0.15) is 12.1 Å². The smallest absolute Gasteiger partial charge is 0.326 e. The number of likely N-dealkylation sites (N-methyl/N-ethyl adjacent to an activating group) is 1. The first kappa shape index (κ1) is 33.2. The monoisotopic (exact) mass is 622 g/mol. The molecule has 2 amide bonds. The van der Waals surface area contributed by atoms with E-state index in [0.717, 1.165) is 19.7 Å². The van der Waals surface area contributed by atoms with Crippen molar-refractivity contribution >= 4 is 37.8 Å². The van der Waals surface area contributed by atoms with Gasteiger partial charge in [0.15, 0.2) is 0 Å². The number of carboxylic acid groups (broad SMARTS) is 1. The van der Waals surface area contributed by atoms with E-state index in [1.54, 1.807) is 24.3 Å². The summed E-state index contributed by atoms with van der Waals surface area (Å²) in [4.78, 5) is 37.3. The average Bonchev–Trinajstić information content (AvgIpc) is 3.44. The highest BCUT2D eigenvalue weighted by atomic mass is 32.2. The molecule has 0 aliphatic carbocycles. The largest absolute Gasteiger partial charge is 0.480 e. The fourth-order valence-electron chi connectivity index (χ4n) is 4.60. The van der Waals surface area contributed by atoms with Crippen LogP contribution in [0.1, 0.15) is 43.2 Å². The lowest BCUT2D eigenvalue weighted by Gasteiger charge is -2.25. The van der Waals surface area contributed by atoms with Gasteiger partial charge in [0.25, 0.3) is 0 Å². The molecule has 1 aliphatic rings. The molecule has 2 atom stereocenters. The van der Waals surface area contributed by atoms with Crippen LogP contribution in [0.5, 0.6) is 0 Å². The number of aryl methyl sites for hydroxylation is 2. The number of sulfonamides is 2. The molecule has 3 N–H and O–H groups in total. The molecule has 1 aliphatic heterocycles. The number of hydrogen-bond donors (Lipinski definition) is 3. The molecule has 0 aromatic heterocycles. The van der Waals surface area contributed by atoms with Crippen LogP contribution in [0.4, 0.5) is 0 Å². The summed E-state index contributed by atoms with van der Waals surface area (Å²) in [6.07, 6.45) is 1.55. The van der Waals surface area contributed by atoms with E-state index in [9.17, 15) is 36.3 Å². The first-order valence-electron chi connectivity index (χ1n) is 13.6. The molecule has 0 unspecified atom stereocenters. The molecule has 0 saturated carbocycles. The minimum atomic E-state index is -3.93. The number of rotatable bonds is 14. The van der Waals surface area contributed by atoms with E-state index >= 15 is 0 Å². The van der Waals surface area contributed by atoms with Crippen molar-refractivity contribution in [2.75, 3.05) is 26.7 Å². The molecule has 42 heavy (non-hydrogen) atoms. The summed E-state index contributed by atoms with van der Waals surface area (Å²) >= 11 is 0. The van der Waals surface area contributed by atoms with E-state index in [1.165, 1.54) is 31.3 Å². The Bertz CT molecular complexity index is 1480. The van der Waals surface area contributed by atoms with E-state index in [0.29, 0.717) is 19.3 Å². The standard InChI is InChI=1S/C28H38N4O8S2/c1-20-9-13-22(14-10-20)41(37,38)31(3)19-26(33)29-17-5-4-7-24(28(35)36)30-27(34)25-8-6-18-32(25)42(39,40)23-15-11-21(2)12-16-23/h9-16,24-25H,4-8,17-19H2,1-3H3,(H,29,33)(H,30,34)(H,35,36)/t24-,25-/m0/s1. The van der Waals surface area contributed by atoms with Crippen LogP contribution in [0.3, 0.4) is 0 Å². The number of unbranched alkanes of at least 4 members (excludes halogenated alkanes) is 1.